The third-order valence-corrected chi connectivity index (χ3v) is 4.33. The van der Waals surface area contributed by atoms with Crippen LogP contribution in [0.25, 0.3) is 0 Å². The van der Waals surface area contributed by atoms with Crippen LogP contribution < -0.4 is 0 Å². The Hall–Kier alpha value is -2.08. The summed E-state index contributed by atoms with van der Waals surface area (Å²) in [4.78, 5) is 26.7. The Balaban J connectivity index is 2.14. The van der Waals surface area contributed by atoms with E-state index in [0.29, 0.717) is 19.3 Å². The van der Waals surface area contributed by atoms with Gasteiger partial charge < -0.3 is 20.0 Å². The molecule has 6 heteroatoms. The fourth-order valence-electron chi connectivity index (χ4n) is 3.21. The molecule has 1 saturated carbocycles. The number of aliphatic hydroxyl groups excluding tert-OH is 1. The minimum atomic E-state index is -1.02. The van der Waals surface area contributed by atoms with Crippen LogP contribution in [0.5, 0.6) is 0 Å². The predicted molar refractivity (Wildman–Crippen MR) is 85.8 cm³/mol. The van der Waals surface area contributed by atoms with Crippen LogP contribution in [-0.4, -0.2) is 58.3 Å². The van der Waals surface area contributed by atoms with Gasteiger partial charge in [0.2, 0.25) is 5.91 Å². The van der Waals surface area contributed by atoms with E-state index in [2.05, 4.69) is 0 Å². The van der Waals surface area contributed by atoms with Crippen molar-refractivity contribution < 1.29 is 19.8 Å². The second kappa shape index (κ2) is 7.46. The van der Waals surface area contributed by atoms with E-state index in [1.165, 1.54) is 9.80 Å². The summed E-state index contributed by atoms with van der Waals surface area (Å²) in [5.74, 6) is -0.393. The lowest BCUT2D eigenvalue weighted by Gasteiger charge is -2.38. The molecule has 1 fully saturated rings. The molecule has 1 aliphatic carbocycles. The molecule has 1 aromatic rings. The van der Waals surface area contributed by atoms with Crippen LogP contribution >= 0.6 is 0 Å². The molecule has 2 N–H and O–H groups in total. The number of amides is 2. The van der Waals surface area contributed by atoms with Crippen LogP contribution in [0.3, 0.4) is 0 Å². The summed E-state index contributed by atoms with van der Waals surface area (Å²) < 4.78 is 0. The van der Waals surface area contributed by atoms with Crippen LogP contribution in [0.1, 0.15) is 24.8 Å². The highest BCUT2D eigenvalue weighted by Gasteiger charge is 2.37. The highest BCUT2D eigenvalue weighted by Crippen LogP contribution is 2.30. The molecule has 0 heterocycles. The van der Waals surface area contributed by atoms with E-state index in [-0.39, 0.29) is 24.4 Å². The van der Waals surface area contributed by atoms with Gasteiger partial charge in [-0.15, -0.1) is 0 Å². The highest BCUT2D eigenvalue weighted by atomic mass is 16.4. The molecule has 126 valence electrons. The van der Waals surface area contributed by atoms with Gasteiger partial charge in [-0.1, -0.05) is 30.3 Å². The van der Waals surface area contributed by atoms with E-state index >= 15 is 0 Å². The Kier molecular flexibility index (Phi) is 5.60. The standard InChI is InChI=1S/C17H24N2O4/c1-18(2)16(21)13-8-14(10-15(20)9-13)19(17(22)23)11-12-6-4-3-5-7-12/h3-7,13-15,20H,8-11H2,1-2H3,(H,22,23)/t13-,14+,15-/m1/s1. The summed E-state index contributed by atoms with van der Waals surface area (Å²) in [5.41, 5.74) is 0.894. The van der Waals surface area contributed by atoms with Crippen molar-refractivity contribution >= 4 is 12.0 Å². The molecule has 0 aromatic heterocycles. The molecule has 23 heavy (non-hydrogen) atoms. The van der Waals surface area contributed by atoms with E-state index < -0.39 is 12.2 Å². The molecule has 0 bridgehead atoms. The maximum absolute atomic E-state index is 12.2. The number of aliphatic hydroxyl groups is 1. The summed E-state index contributed by atoms with van der Waals surface area (Å²) in [7, 11) is 3.36. The number of benzene rings is 1. The molecule has 1 aliphatic rings. The molecular formula is C17H24N2O4. The Labute approximate surface area is 136 Å². The van der Waals surface area contributed by atoms with Crippen molar-refractivity contribution in [2.45, 2.75) is 38.0 Å². The summed E-state index contributed by atoms with van der Waals surface area (Å²) in [5, 5.41) is 19.6. The minimum Gasteiger partial charge on any atom is -0.465 e. The molecule has 6 nitrogen and oxygen atoms in total. The fourth-order valence-corrected chi connectivity index (χ4v) is 3.21. The molecular weight excluding hydrogens is 296 g/mol. The van der Waals surface area contributed by atoms with Crippen molar-refractivity contribution in [1.29, 1.82) is 0 Å². The Morgan fingerprint density at radius 3 is 2.35 bits per heavy atom. The van der Waals surface area contributed by atoms with Gasteiger partial charge in [0.15, 0.2) is 0 Å². The summed E-state index contributed by atoms with van der Waals surface area (Å²) in [6.45, 7) is 0.260. The fraction of sp³-hybridized carbons (Fsp3) is 0.529. The van der Waals surface area contributed by atoms with Crippen LogP contribution in [0.4, 0.5) is 4.79 Å². The maximum Gasteiger partial charge on any atom is 0.407 e. The third-order valence-electron chi connectivity index (χ3n) is 4.33. The number of carboxylic acid groups (broad SMARTS) is 1. The minimum absolute atomic E-state index is 0.0567. The van der Waals surface area contributed by atoms with Gasteiger partial charge in [0, 0.05) is 32.6 Å². The van der Waals surface area contributed by atoms with Gasteiger partial charge >= 0.3 is 6.09 Å². The molecule has 2 amide bonds. The molecule has 2 rings (SSSR count). The molecule has 0 aliphatic heterocycles. The van der Waals surface area contributed by atoms with Crippen molar-refractivity contribution in [1.82, 2.24) is 9.80 Å². The van der Waals surface area contributed by atoms with Crippen LogP contribution in [0.15, 0.2) is 30.3 Å². The first kappa shape index (κ1) is 17.3. The average molecular weight is 320 g/mol. The number of hydrogen-bond donors (Lipinski definition) is 2. The van der Waals surface area contributed by atoms with Crippen LogP contribution in [-0.2, 0) is 11.3 Å². The molecule has 1 aromatic carbocycles. The number of carbonyl (C=O) groups excluding carboxylic acids is 1. The number of nitrogens with zero attached hydrogens (tertiary/aromatic N) is 2. The van der Waals surface area contributed by atoms with Gasteiger partial charge in [-0.25, -0.2) is 4.79 Å². The van der Waals surface area contributed by atoms with Gasteiger partial charge in [0.05, 0.1) is 6.10 Å². The quantitative estimate of drug-likeness (QED) is 0.886. The highest BCUT2D eigenvalue weighted by molar-refractivity contribution is 5.78. The normalized spacial score (nSPS) is 24.0. The van der Waals surface area contributed by atoms with Crippen molar-refractivity contribution in [3.8, 4) is 0 Å². The topological polar surface area (TPSA) is 81.1 Å². The number of hydrogen-bond acceptors (Lipinski definition) is 3. The van der Waals surface area contributed by atoms with E-state index in [9.17, 15) is 19.8 Å². The van der Waals surface area contributed by atoms with E-state index in [1.54, 1.807) is 14.1 Å². The Bertz CT molecular complexity index is 547. The van der Waals surface area contributed by atoms with Gasteiger partial charge in [-0.05, 0) is 24.8 Å². The van der Waals surface area contributed by atoms with E-state index in [4.69, 9.17) is 0 Å². The lowest BCUT2D eigenvalue weighted by molar-refractivity contribution is -0.136. The first-order valence-electron chi connectivity index (χ1n) is 7.81. The second-order valence-corrected chi connectivity index (χ2v) is 6.34. The van der Waals surface area contributed by atoms with E-state index in [1.807, 2.05) is 30.3 Å². The number of rotatable bonds is 4. The number of carbonyl (C=O) groups is 2. The smallest absolute Gasteiger partial charge is 0.407 e. The Morgan fingerprint density at radius 2 is 1.78 bits per heavy atom. The molecule has 0 unspecified atom stereocenters. The van der Waals surface area contributed by atoms with Crippen LogP contribution in [0.2, 0.25) is 0 Å². The lowest BCUT2D eigenvalue weighted by Crippen LogP contribution is -2.47. The third kappa shape index (κ3) is 4.45. The van der Waals surface area contributed by atoms with Crippen molar-refractivity contribution in [3.63, 3.8) is 0 Å². The monoisotopic (exact) mass is 320 g/mol. The van der Waals surface area contributed by atoms with Gasteiger partial charge in [-0.3, -0.25) is 4.79 Å². The zero-order chi connectivity index (χ0) is 17.0. The van der Waals surface area contributed by atoms with Gasteiger partial charge in [-0.2, -0.15) is 0 Å². The SMILES string of the molecule is CN(C)C(=O)[C@H]1C[C@@H](O)C[C@@H](N(Cc2ccccc2)C(=O)O)C1. The zero-order valence-electron chi connectivity index (χ0n) is 13.6. The average Bonchev–Trinajstić information content (AvgIpc) is 2.51. The molecule has 3 atom stereocenters. The predicted octanol–water partition coefficient (Wildman–Crippen LogP) is 1.78. The molecule has 0 spiro atoms. The maximum atomic E-state index is 12.2. The van der Waals surface area contributed by atoms with Crippen molar-refractivity contribution in [2.75, 3.05) is 14.1 Å². The summed E-state index contributed by atoms with van der Waals surface area (Å²) >= 11 is 0. The van der Waals surface area contributed by atoms with Gasteiger partial charge in [0.25, 0.3) is 0 Å². The van der Waals surface area contributed by atoms with Crippen molar-refractivity contribution in [3.05, 3.63) is 35.9 Å². The van der Waals surface area contributed by atoms with Gasteiger partial charge in [0.1, 0.15) is 0 Å². The second-order valence-electron chi connectivity index (χ2n) is 6.34. The zero-order valence-corrected chi connectivity index (χ0v) is 13.6. The summed E-state index contributed by atoms with van der Waals surface area (Å²) in [6.07, 6.45) is -0.458. The first-order valence-corrected chi connectivity index (χ1v) is 7.81. The largest absolute Gasteiger partial charge is 0.465 e. The molecule has 0 radical (unpaired) electrons. The lowest BCUT2D eigenvalue weighted by atomic mass is 9.82. The Morgan fingerprint density at radius 1 is 1.13 bits per heavy atom. The van der Waals surface area contributed by atoms with Crippen LogP contribution in [0, 0.1) is 5.92 Å². The molecule has 0 saturated heterocycles. The first-order chi connectivity index (χ1) is 10.9. The summed E-state index contributed by atoms with van der Waals surface area (Å²) in [6, 6.07) is 9.00. The van der Waals surface area contributed by atoms with Crippen molar-refractivity contribution in [2.24, 2.45) is 5.92 Å². The van der Waals surface area contributed by atoms with E-state index in [0.717, 1.165) is 5.56 Å².